The largest absolute Gasteiger partial charge is 0.496 e. The van der Waals surface area contributed by atoms with Crippen molar-refractivity contribution in [3.8, 4) is 11.5 Å². The zero-order chi connectivity index (χ0) is 48.4. The summed E-state index contributed by atoms with van der Waals surface area (Å²) in [7, 11) is 3.00. The molecule has 2 aliphatic rings. The van der Waals surface area contributed by atoms with Gasteiger partial charge in [0.1, 0.15) is 18.1 Å². The normalized spacial score (nSPS) is 16.8. The van der Waals surface area contributed by atoms with Gasteiger partial charge in [0.25, 0.3) is 17.7 Å². The number of methoxy groups -OCH3 is 1. The second kappa shape index (κ2) is 25.9. The number of rotatable bonds is 28. The van der Waals surface area contributed by atoms with Gasteiger partial charge in [0.15, 0.2) is 6.10 Å². The Morgan fingerprint density at radius 2 is 1.46 bits per heavy atom. The van der Waals surface area contributed by atoms with Crippen molar-refractivity contribution in [3.63, 3.8) is 0 Å². The standard InChI is InChI=1S/C47H58N4O17/c1-50(12-13-51-44(54)34-8-10-37(59-2)35-26-31-5-3-4-6-33(31)42(41(34)35)45(51)55)47(58)65-29-30-7-9-38(67-40-28-32(52)27-39(68-40)46(56)57)36(25-30)43(53)49-11-14-60-15-16-61-17-18-62-19-20-63-21-22-64-23-24-66-48/h3-10,25-26,32,39-40,52H,11-24,27-29,48H2,1-2H3,(H,49,53)(H,56,57). The van der Waals surface area contributed by atoms with Gasteiger partial charge >= 0.3 is 12.1 Å². The number of benzene rings is 4. The van der Waals surface area contributed by atoms with E-state index in [4.69, 9.17) is 48.5 Å². The molecule has 4 aromatic carbocycles. The van der Waals surface area contributed by atoms with E-state index in [-0.39, 0.29) is 63.6 Å². The first-order valence-corrected chi connectivity index (χ1v) is 22.1. The molecule has 3 unspecified atom stereocenters. The Balaban J connectivity index is 0.989. The lowest BCUT2D eigenvalue weighted by Crippen LogP contribution is -2.45. The minimum Gasteiger partial charge on any atom is -0.496 e. The summed E-state index contributed by atoms with van der Waals surface area (Å²) in [5.41, 5.74) is 1.13. The van der Waals surface area contributed by atoms with E-state index in [0.717, 1.165) is 10.3 Å². The number of carbonyl (C=O) groups excluding carboxylic acids is 4. The highest BCUT2D eigenvalue weighted by Gasteiger charge is 2.36. The summed E-state index contributed by atoms with van der Waals surface area (Å²) in [5.74, 6) is 2.64. The molecule has 1 saturated heterocycles. The number of nitrogens with two attached hydrogens (primary N) is 1. The number of fused-ring (bicyclic) bond motifs is 2. The molecular weight excluding hydrogens is 893 g/mol. The Labute approximate surface area is 392 Å². The number of carbonyl (C=O) groups is 5. The number of hydrogen-bond acceptors (Lipinski definition) is 17. The van der Waals surface area contributed by atoms with Crippen molar-refractivity contribution in [2.75, 3.05) is 106 Å². The molecule has 0 aromatic heterocycles. The molecule has 68 heavy (non-hydrogen) atoms. The predicted octanol–water partition coefficient (Wildman–Crippen LogP) is 2.90. The van der Waals surface area contributed by atoms with Crippen molar-refractivity contribution >= 4 is 51.3 Å². The first-order chi connectivity index (χ1) is 33.0. The third kappa shape index (κ3) is 13.8. The summed E-state index contributed by atoms with van der Waals surface area (Å²) < 4.78 is 49.8. The van der Waals surface area contributed by atoms with Gasteiger partial charge in [0.2, 0.25) is 6.29 Å². The van der Waals surface area contributed by atoms with Gasteiger partial charge in [-0.3, -0.25) is 19.3 Å². The van der Waals surface area contributed by atoms with E-state index in [9.17, 15) is 34.2 Å². The average molecular weight is 951 g/mol. The fourth-order valence-corrected chi connectivity index (χ4v) is 7.51. The van der Waals surface area contributed by atoms with Crippen LogP contribution < -0.4 is 20.7 Å². The van der Waals surface area contributed by atoms with Gasteiger partial charge in [0.05, 0.1) is 97.0 Å². The molecule has 6 rings (SSSR count). The SMILES string of the molecule is COc1ccc2c3c(c4ccccc4cc13)C(=O)N(CCN(C)C(=O)OCc1ccc(OC3CC(O)CC(C(=O)O)O3)c(C(=O)NCCOCCOCCOCCOCCOCCON)c1)C2=O. The van der Waals surface area contributed by atoms with Crippen LogP contribution in [0.3, 0.4) is 0 Å². The summed E-state index contributed by atoms with van der Waals surface area (Å²) in [6, 6.07) is 17.1. The molecule has 0 spiro atoms. The maximum atomic E-state index is 14.1. The van der Waals surface area contributed by atoms with Crippen LogP contribution in [0.15, 0.2) is 60.7 Å². The molecule has 2 heterocycles. The number of ether oxygens (including phenoxy) is 9. The summed E-state index contributed by atoms with van der Waals surface area (Å²) in [6.07, 6.45) is -4.44. The van der Waals surface area contributed by atoms with Crippen LogP contribution in [0.1, 0.15) is 49.5 Å². The van der Waals surface area contributed by atoms with Crippen LogP contribution in [0.4, 0.5) is 4.79 Å². The number of aliphatic carboxylic acids is 1. The number of imide groups is 1. The number of likely N-dealkylation sites (N-methyl/N-ethyl adjacent to an activating group) is 1. The van der Waals surface area contributed by atoms with Crippen molar-refractivity contribution in [2.24, 2.45) is 5.90 Å². The molecule has 0 saturated carbocycles. The summed E-state index contributed by atoms with van der Waals surface area (Å²) in [6.45, 7) is 3.45. The van der Waals surface area contributed by atoms with E-state index in [0.29, 0.717) is 98.1 Å². The van der Waals surface area contributed by atoms with Crippen molar-refractivity contribution in [1.29, 1.82) is 0 Å². The monoisotopic (exact) mass is 950 g/mol. The Bertz CT molecular complexity index is 2370. The maximum absolute atomic E-state index is 14.1. The predicted molar refractivity (Wildman–Crippen MR) is 241 cm³/mol. The van der Waals surface area contributed by atoms with Gasteiger partial charge in [-0.05, 0) is 46.7 Å². The Morgan fingerprint density at radius 3 is 2.12 bits per heavy atom. The highest BCUT2D eigenvalue weighted by atomic mass is 16.7. The maximum Gasteiger partial charge on any atom is 0.409 e. The topological polar surface area (TPSA) is 263 Å². The average Bonchev–Trinajstić information content (AvgIpc) is 3.33. The molecule has 368 valence electrons. The minimum atomic E-state index is -1.32. The van der Waals surface area contributed by atoms with Gasteiger partial charge in [-0.15, -0.1) is 0 Å². The van der Waals surface area contributed by atoms with Gasteiger partial charge in [-0.25, -0.2) is 15.5 Å². The van der Waals surface area contributed by atoms with Gasteiger partial charge in [-0.2, -0.15) is 0 Å². The second-order valence-corrected chi connectivity index (χ2v) is 15.6. The minimum absolute atomic E-state index is 0.0182. The van der Waals surface area contributed by atoms with Crippen LogP contribution in [-0.2, 0) is 49.4 Å². The summed E-state index contributed by atoms with van der Waals surface area (Å²) in [4.78, 5) is 73.1. The van der Waals surface area contributed by atoms with E-state index in [2.05, 4.69) is 10.2 Å². The second-order valence-electron chi connectivity index (χ2n) is 15.6. The highest BCUT2D eigenvalue weighted by Crippen LogP contribution is 2.40. The molecule has 21 heteroatoms. The molecule has 0 radical (unpaired) electrons. The number of aliphatic hydroxyl groups is 1. The van der Waals surface area contributed by atoms with Crippen molar-refractivity contribution in [1.82, 2.24) is 15.1 Å². The molecule has 2 aliphatic heterocycles. The first-order valence-electron chi connectivity index (χ1n) is 22.1. The number of carboxylic acids is 1. The number of hydrogen-bond donors (Lipinski definition) is 4. The quantitative estimate of drug-likeness (QED) is 0.0276. The van der Waals surface area contributed by atoms with Gasteiger partial charge in [0, 0.05) is 55.9 Å². The van der Waals surface area contributed by atoms with E-state index in [1.165, 1.54) is 31.2 Å². The number of aliphatic hydroxyl groups excluding tert-OH is 1. The van der Waals surface area contributed by atoms with Crippen LogP contribution in [0.25, 0.3) is 21.5 Å². The smallest absolute Gasteiger partial charge is 0.409 e. The van der Waals surface area contributed by atoms with Gasteiger partial charge in [-0.1, -0.05) is 30.3 Å². The number of carboxylic acid groups (broad SMARTS) is 1. The van der Waals surface area contributed by atoms with Crippen LogP contribution in [0.5, 0.6) is 11.5 Å². The Hall–Kier alpha value is -6.01. The van der Waals surface area contributed by atoms with Crippen LogP contribution >= 0.6 is 0 Å². The van der Waals surface area contributed by atoms with Crippen molar-refractivity contribution < 1.29 is 81.7 Å². The molecule has 1 fully saturated rings. The summed E-state index contributed by atoms with van der Waals surface area (Å²) in [5, 5.41) is 25.2. The number of amides is 4. The Kier molecular flexibility index (Phi) is 19.6. The lowest BCUT2D eigenvalue weighted by Gasteiger charge is -2.31. The number of nitrogens with one attached hydrogen (secondary N) is 1. The zero-order valence-corrected chi connectivity index (χ0v) is 38.0. The molecular formula is C47H58N4O17. The molecule has 5 N–H and O–H groups in total. The van der Waals surface area contributed by atoms with E-state index >= 15 is 0 Å². The van der Waals surface area contributed by atoms with Crippen molar-refractivity contribution in [2.45, 2.75) is 37.9 Å². The Morgan fingerprint density at radius 1 is 0.809 bits per heavy atom. The third-order valence-electron chi connectivity index (χ3n) is 10.9. The van der Waals surface area contributed by atoms with E-state index < -0.39 is 48.3 Å². The summed E-state index contributed by atoms with van der Waals surface area (Å²) >= 11 is 0. The lowest BCUT2D eigenvalue weighted by molar-refractivity contribution is -0.195. The van der Waals surface area contributed by atoms with Crippen LogP contribution in [-0.4, -0.2) is 175 Å². The molecule has 3 atom stereocenters. The first kappa shape index (κ1) is 51.4. The van der Waals surface area contributed by atoms with E-state index in [1.54, 1.807) is 18.2 Å². The molecule has 4 amide bonds. The highest BCUT2D eigenvalue weighted by molar-refractivity contribution is 6.31. The third-order valence-corrected chi connectivity index (χ3v) is 10.9. The fourth-order valence-electron chi connectivity index (χ4n) is 7.51. The fraction of sp³-hybridized carbons (Fsp3) is 0.468. The zero-order valence-electron chi connectivity index (χ0n) is 38.0. The molecule has 0 bridgehead atoms. The van der Waals surface area contributed by atoms with E-state index in [1.807, 2.05) is 30.3 Å². The van der Waals surface area contributed by atoms with Crippen LogP contribution in [0.2, 0.25) is 0 Å². The van der Waals surface area contributed by atoms with Gasteiger partial charge < -0.3 is 67.9 Å². The molecule has 0 aliphatic carbocycles. The lowest BCUT2D eigenvalue weighted by atomic mass is 9.89. The van der Waals surface area contributed by atoms with Crippen LogP contribution in [0, 0.1) is 0 Å². The van der Waals surface area contributed by atoms with Crippen molar-refractivity contribution in [3.05, 3.63) is 82.9 Å². The number of nitrogens with zero attached hydrogens (tertiary/aromatic N) is 2. The molecule has 21 nitrogen and oxygen atoms in total. The molecule has 4 aromatic rings.